The lowest BCUT2D eigenvalue weighted by molar-refractivity contribution is -0.0517. The van der Waals surface area contributed by atoms with Crippen LogP contribution >= 0.6 is 0 Å². The minimum atomic E-state index is -4.03. The van der Waals surface area contributed by atoms with Crippen molar-refractivity contribution in [3.8, 4) is 5.75 Å². The summed E-state index contributed by atoms with van der Waals surface area (Å²) in [4.78, 5) is -0.361. The van der Waals surface area contributed by atoms with E-state index < -0.39 is 28.4 Å². The first-order valence-electron chi connectivity index (χ1n) is 6.74. The van der Waals surface area contributed by atoms with Crippen molar-refractivity contribution in [1.29, 1.82) is 0 Å². The maximum atomic E-state index is 12.4. The highest BCUT2D eigenvalue weighted by Gasteiger charge is 2.22. The van der Waals surface area contributed by atoms with Crippen molar-refractivity contribution in [2.75, 3.05) is 6.54 Å². The molecule has 3 N–H and O–H groups in total. The molecule has 0 spiro atoms. The van der Waals surface area contributed by atoms with Gasteiger partial charge in [-0.1, -0.05) is 42.5 Å². The van der Waals surface area contributed by atoms with Crippen molar-refractivity contribution in [3.63, 3.8) is 0 Å². The molecule has 0 unspecified atom stereocenters. The van der Waals surface area contributed by atoms with Crippen molar-refractivity contribution in [1.82, 2.24) is 4.72 Å². The summed E-state index contributed by atoms with van der Waals surface area (Å²) in [5.41, 5.74) is 6.68. The first-order valence-corrected chi connectivity index (χ1v) is 8.22. The molecule has 8 heteroatoms. The lowest BCUT2D eigenvalue weighted by Gasteiger charge is -2.15. The molecule has 0 aliphatic rings. The fourth-order valence-electron chi connectivity index (χ4n) is 1.96. The average Bonchev–Trinajstić information content (AvgIpc) is 2.53. The van der Waals surface area contributed by atoms with Crippen LogP contribution in [0.25, 0.3) is 0 Å². The van der Waals surface area contributed by atoms with Gasteiger partial charge in [0.1, 0.15) is 10.6 Å². The van der Waals surface area contributed by atoms with E-state index in [1.807, 2.05) is 6.07 Å². The molecule has 23 heavy (non-hydrogen) atoms. The summed E-state index contributed by atoms with van der Waals surface area (Å²) >= 11 is 0. The Morgan fingerprint density at radius 2 is 1.65 bits per heavy atom. The Morgan fingerprint density at radius 1 is 1.04 bits per heavy atom. The van der Waals surface area contributed by atoms with E-state index in [4.69, 9.17) is 5.73 Å². The fourth-order valence-corrected chi connectivity index (χ4v) is 3.15. The first-order chi connectivity index (χ1) is 10.9. The van der Waals surface area contributed by atoms with Crippen LogP contribution < -0.4 is 15.2 Å². The van der Waals surface area contributed by atoms with Crippen LogP contribution in [0, 0.1) is 0 Å². The summed E-state index contributed by atoms with van der Waals surface area (Å²) in [5.74, 6) is -0.414. The highest BCUT2D eigenvalue weighted by molar-refractivity contribution is 7.89. The smallest absolute Gasteiger partial charge is 0.387 e. The lowest BCUT2D eigenvalue weighted by Crippen LogP contribution is -2.32. The predicted molar refractivity (Wildman–Crippen MR) is 81.6 cm³/mol. The van der Waals surface area contributed by atoms with Crippen molar-refractivity contribution < 1.29 is 21.9 Å². The van der Waals surface area contributed by atoms with Gasteiger partial charge in [0.2, 0.25) is 10.0 Å². The molecule has 2 rings (SSSR count). The molecular formula is C15H16F2N2O3S. The molecule has 0 saturated carbocycles. The zero-order chi connectivity index (χ0) is 16.9. The Hall–Kier alpha value is -2.03. The van der Waals surface area contributed by atoms with Gasteiger partial charge in [0.05, 0.1) is 0 Å². The number of rotatable bonds is 7. The molecule has 1 atom stereocenters. The minimum absolute atomic E-state index is 0.0740. The van der Waals surface area contributed by atoms with Crippen LogP contribution in [0.4, 0.5) is 8.78 Å². The van der Waals surface area contributed by atoms with Gasteiger partial charge in [-0.2, -0.15) is 8.78 Å². The van der Waals surface area contributed by atoms with Crippen LogP contribution in [0.3, 0.4) is 0 Å². The molecule has 2 aromatic carbocycles. The number of para-hydroxylation sites is 1. The monoisotopic (exact) mass is 342 g/mol. The average molecular weight is 342 g/mol. The van der Waals surface area contributed by atoms with Crippen LogP contribution in [0.15, 0.2) is 59.5 Å². The summed E-state index contributed by atoms with van der Waals surface area (Å²) in [5, 5.41) is 0. The van der Waals surface area contributed by atoms with Gasteiger partial charge in [0.25, 0.3) is 0 Å². The number of halogens is 2. The van der Waals surface area contributed by atoms with Gasteiger partial charge in [-0.25, -0.2) is 13.1 Å². The van der Waals surface area contributed by atoms with Gasteiger partial charge in [-0.3, -0.25) is 0 Å². The number of nitrogens with two attached hydrogens (primary N) is 1. The van der Waals surface area contributed by atoms with Crippen molar-refractivity contribution in [3.05, 3.63) is 60.2 Å². The predicted octanol–water partition coefficient (Wildman–Crippen LogP) is 2.27. The second-order valence-corrected chi connectivity index (χ2v) is 6.43. The number of ether oxygens (including phenoxy) is 1. The van der Waals surface area contributed by atoms with E-state index in [0.29, 0.717) is 0 Å². The summed E-state index contributed by atoms with van der Waals surface area (Å²) in [7, 11) is -4.03. The molecule has 0 heterocycles. The molecule has 0 bridgehead atoms. The summed E-state index contributed by atoms with van der Waals surface area (Å²) in [6, 6.07) is 13.6. The van der Waals surface area contributed by atoms with Gasteiger partial charge in [-0.15, -0.1) is 0 Å². The number of sulfonamides is 1. The molecule has 0 radical (unpaired) electrons. The largest absolute Gasteiger partial charge is 0.433 e. The fraction of sp³-hybridized carbons (Fsp3) is 0.200. The maximum Gasteiger partial charge on any atom is 0.387 e. The Balaban J connectivity index is 2.13. The van der Waals surface area contributed by atoms with Gasteiger partial charge < -0.3 is 10.5 Å². The van der Waals surface area contributed by atoms with Crippen LogP contribution in [0.2, 0.25) is 0 Å². The molecule has 0 saturated heterocycles. The normalized spacial score (nSPS) is 13.0. The van der Waals surface area contributed by atoms with Crippen LogP contribution in [-0.2, 0) is 10.0 Å². The topological polar surface area (TPSA) is 81.4 Å². The van der Waals surface area contributed by atoms with E-state index >= 15 is 0 Å². The molecule has 0 aliphatic heterocycles. The minimum Gasteiger partial charge on any atom is -0.433 e. The molecule has 2 aromatic rings. The SMILES string of the molecule is N[C@H](CNS(=O)(=O)c1ccccc1OC(F)F)c1ccccc1. The Morgan fingerprint density at radius 3 is 2.30 bits per heavy atom. The first kappa shape index (κ1) is 17.3. The van der Waals surface area contributed by atoms with E-state index in [9.17, 15) is 17.2 Å². The summed E-state index contributed by atoms with van der Waals surface area (Å²) in [6.45, 7) is -3.19. The van der Waals surface area contributed by atoms with E-state index in [1.54, 1.807) is 24.3 Å². The number of hydrogen-bond donors (Lipinski definition) is 2. The van der Waals surface area contributed by atoms with Gasteiger partial charge >= 0.3 is 6.61 Å². The third-order valence-electron chi connectivity index (χ3n) is 3.08. The third-order valence-corrected chi connectivity index (χ3v) is 4.54. The van der Waals surface area contributed by atoms with Crippen molar-refractivity contribution in [2.45, 2.75) is 17.5 Å². The Kier molecular flexibility index (Phi) is 5.64. The van der Waals surface area contributed by atoms with Gasteiger partial charge in [-0.05, 0) is 17.7 Å². The Bertz CT molecular complexity index is 739. The highest BCUT2D eigenvalue weighted by Crippen LogP contribution is 2.25. The number of nitrogens with one attached hydrogen (secondary N) is 1. The molecule has 124 valence electrons. The number of benzene rings is 2. The molecule has 0 fully saturated rings. The summed E-state index contributed by atoms with van der Waals surface area (Å²) < 4.78 is 55.8. The third kappa shape index (κ3) is 4.72. The number of alkyl halides is 2. The van der Waals surface area contributed by atoms with E-state index in [0.717, 1.165) is 11.6 Å². The lowest BCUT2D eigenvalue weighted by atomic mass is 10.1. The molecular weight excluding hydrogens is 326 g/mol. The Labute approximate surface area is 133 Å². The van der Waals surface area contributed by atoms with Crippen LogP contribution in [-0.4, -0.2) is 21.6 Å². The zero-order valence-electron chi connectivity index (χ0n) is 12.0. The highest BCUT2D eigenvalue weighted by atomic mass is 32.2. The zero-order valence-corrected chi connectivity index (χ0v) is 12.8. The summed E-state index contributed by atoms with van der Waals surface area (Å²) in [6.07, 6.45) is 0. The van der Waals surface area contributed by atoms with Crippen LogP contribution in [0.1, 0.15) is 11.6 Å². The van der Waals surface area contributed by atoms with Crippen LogP contribution in [0.5, 0.6) is 5.75 Å². The van der Waals surface area contributed by atoms with E-state index in [2.05, 4.69) is 9.46 Å². The standard InChI is InChI=1S/C15H16F2N2O3S/c16-15(17)22-13-8-4-5-9-14(13)23(20,21)19-10-12(18)11-6-2-1-3-7-11/h1-9,12,15,19H,10,18H2/t12-/m1/s1. The maximum absolute atomic E-state index is 12.4. The second-order valence-electron chi connectivity index (χ2n) is 4.69. The van der Waals surface area contributed by atoms with Gasteiger partial charge in [0, 0.05) is 12.6 Å². The van der Waals surface area contributed by atoms with Gasteiger partial charge in [0.15, 0.2) is 0 Å². The molecule has 5 nitrogen and oxygen atoms in total. The molecule has 0 amide bonds. The van der Waals surface area contributed by atoms with E-state index in [1.165, 1.54) is 18.2 Å². The van der Waals surface area contributed by atoms with Crippen molar-refractivity contribution >= 4 is 10.0 Å². The van der Waals surface area contributed by atoms with Crippen molar-refractivity contribution in [2.24, 2.45) is 5.73 Å². The molecule has 0 aromatic heterocycles. The van der Waals surface area contributed by atoms with E-state index in [-0.39, 0.29) is 11.4 Å². The second kappa shape index (κ2) is 7.49. The molecule has 0 aliphatic carbocycles. The number of hydrogen-bond acceptors (Lipinski definition) is 4. The quantitative estimate of drug-likeness (QED) is 0.809.